The van der Waals surface area contributed by atoms with Crippen molar-refractivity contribution in [3.05, 3.63) is 141 Å². The zero-order valence-electron chi connectivity index (χ0n) is 33.1. The van der Waals surface area contributed by atoms with Crippen molar-refractivity contribution in [3.8, 4) is 11.1 Å². The average molecular weight is 840 g/mol. The highest BCUT2D eigenvalue weighted by Crippen LogP contribution is 2.31. The largest absolute Gasteiger partial charge is 0.479 e. The highest BCUT2D eigenvalue weighted by Gasteiger charge is 2.30. The van der Waals surface area contributed by atoms with Crippen LogP contribution in [-0.2, 0) is 52.9 Å². The number of aliphatic hydroxyl groups excluding tert-OH is 2. The molecule has 0 bridgehead atoms. The summed E-state index contributed by atoms with van der Waals surface area (Å²) in [6.45, 7) is 7.04. The minimum atomic E-state index is -4.41. The molecule has 2 atom stereocenters. The zero-order chi connectivity index (χ0) is 44.3. The lowest BCUT2D eigenvalue weighted by Gasteiger charge is -2.22. The Bertz CT molecular complexity index is 2310. The summed E-state index contributed by atoms with van der Waals surface area (Å²) in [5.41, 5.74) is 3.61. The van der Waals surface area contributed by atoms with Crippen LogP contribution in [0.25, 0.3) is 22.0 Å². The van der Waals surface area contributed by atoms with E-state index in [1.54, 1.807) is 34.7 Å². The summed E-state index contributed by atoms with van der Waals surface area (Å²) < 4.78 is 69.3. The van der Waals surface area contributed by atoms with Gasteiger partial charge in [-0.05, 0) is 90.5 Å². The first-order chi connectivity index (χ1) is 28.3. The number of carbonyl (C=O) groups excluding carboxylic acids is 1. The van der Waals surface area contributed by atoms with Gasteiger partial charge < -0.3 is 34.8 Å². The summed E-state index contributed by atoms with van der Waals surface area (Å²) in [6.07, 6.45) is -7.85. The molecular weight excluding hydrogens is 793 g/mol. The van der Waals surface area contributed by atoms with Crippen LogP contribution < -0.4 is 5.43 Å². The van der Waals surface area contributed by atoms with E-state index >= 15 is 0 Å². The van der Waals surface area contributed by atoms with Gasteiger partial charge in [0.25, 0.3) is 0 Å². The van der Waals surface area contributed by atoms with Crippen LogP contribution in [0, 0.1) is 11.6 Å². The Morgan fingerprint density at radius 2 is 1.32 bits per heavy atom. The normalized spacial score (nSPS) is 12.4. The number of benzene rings is 4. The molecule has 0 saturated heterocycles. The number of aliphatic hydroxyl groups is 2. The van der Waals surface area contributed by atoms with Gasteiger partial charge in [-0.25, -0.2) is 18.4 Å². The average Bonchev–Trinajstić information content (AvgIpc) is 3.22. The van der Waals surface area contributed by atoms with Crippen molar-refractivity contribution in [1.29, 1.82) is 0 Å². The van der Waals surface area contributed by atoms with Gasteiger partial charge in [0.15, 0.2) is 29.3 Å². The summed E-state index contributed by atoms with van der Waals surface area (Å²) in [5, 5.41) is 33.0. The number of carboxylic acids is 2. The van der Waals surface area contributed by atoms with E-state index in [9.17, 15) is 41.1 Å². The Kier molecular flexibility index (Phi) is 16.2. The van der Waals surface area contributed by atoms with Gasteiger partial charge in [-0.15, -0.1) is 0 Å². The van der Waals surface area contributed by atoms with E-state index in [0.717, 1.165) is 60.9 Å². The number of amides is 1. The van der Waals surface area contributed by atoms with Crippen molar-refractivity contribution in [1.82, 2.24) is 14.4 Å². The number of carboxylic acid groups (broad SMARTS) is 2. The van der Waals surface area contributed by atoms with Gasteiger partial charge in [0.05, 0.1) is 11.1 Å². The zero-order valence-corrected chi connectivity index (χ0v) is 33.1. The highest BCUT2D eigenvalue weighted by molar-refractivity contribution is 5.84. The molecule has 1 heterocycles. The van der Waals surface area contributed by atoms with Crippen LogP contribution in [-0.4, -0.2) is 91.5 Å². The molecule has 0 saturated carbocycles. The number of likely N-dealkylation sites (N-methyl/N-ethyl adjacent to an activating group) is 2. The molecule has 0 aliphatic heterocycles. The molecule has 5 rings (SSSR count). The molecular formula is C44H46F5N3O8. The Balaban J connectivity index is 0.000000703. The standard InChI is InChI=1S/C40H40F5N3O2.C4H6O6/c1-4-47(5-2)22-21-27-11-20-34-36(23-27)48(33(24-37(34)49)19-16-31-7-6-8-35(41)39(31)42)26-38(50)46(3)25-28-9-12-29(13-10-28)30-14-17-32(18-15-30)40(43,44)45;5-1(3(7)8)2(6)4(9)10/h6-15,17-18,20,23-24H,4-5,16,19,21-22,25-26H2,1-3H3;1-2,5-6H,(H,7,8)(H,9,10). The quantitative estimate of drug-likeness (QED) is 0.0853. The van der Waals surface area contributed by atoms with Gasteiger partial charge in [0, 0.05) is 37.3 Å². The molecule has 0 aliphatic carbocycles. The minimum absolute atomic E-state index is 0.0859. The number of carbonyl (C=O) groups is 3. The fraction of sp³-hybridized carbons (Fsp3) is 0.318. The first-order valence-electron chi connectivity index (χ1n) is 19.0. The van der Waals surface area contributed by atoms with Crippen LogP contribution in [0.4, 0.5) is 22.0 Å². The van der Waals surface area contributed by atoms with Gasteiger partial charge >= 0.3 is 18.1 Å². The molecule has 320 valence electrons. The predicted molar refractivity (Wildman–Crippen MR) is 214 cm³/mol. The second-order valence-electron chi connectivity index (χ2n) is 14.0. The highest BCUT2D eigenvalue weighted by atomic mass is 19.4. The second kappa shape index (κ2) is 20.8. The number of rotatable bonds is 16. The van der Waals surface area contributed by atoms with Gasteiger partial charge in [0.1, 0.15) is 6.54 Å². The maximum atomic E-state index is 14.6. The van der Waals surface area contributed by atoms with Crippen molar-refractivity contribution in [2.75, 3.05) is 26.7 Å². The van der Waals surface area contributed by atoms with Gasteiger partial charge in [-0.2, -0.15) is 13.2 Å². The summed E-state index contributed by atoms with van der Waals surface area (Å²) in [5.74, 6) is -5.64. The van der Waals surface area contributed by atoms with Crippen molar-refractivity contribution in [2.45, 2.75) is 64.6 Å². The second-order valence-corrected chi connectivity index (χ2v) is 14.0. The third kappa shape index (κ3) is 12.3. The summed E-state index contributed by atoms with van der Waals surface area (Å²) >= 11 is 0. The molecule has 11 nitrogen and oxygen atoms in total. The predicted octanol–water partition coefficient (Wildman–Crippen LogP) is 6.17. The van der Waals surface area contributed by atoms with Crippen molar-refractivity contribution < 1.29 is 56.8 Å². The van der Waals surface area contributed by atoms with E-state index < -0.39 is 47.5 Å². The molecule has 1 amide bonds. The van der Waals surface area contributed by atoms with Gasteiger partial charge in [-0.1, -0.05) is 68.4 Å². The Morgan fingerprint density at radius 1 is 0.750 bits per heavy atom. The Morgan fingerprint density at radius 3 is 1.87 bits per heavy atom. The number of alkyl halides is 3. The van der Waals surface area contributed by atoms with Crippen molar-refractivity contribution >= 4 is 28.7 Å². The van der Waals surface area contributed by atoms with E-state index in [1.807, 2.05) is 24.3 Å². The molecule has 0 radical (unpaired) electrons. The number of fused-ring (bicyclic) bond motifs is 1. The lowest BCUT2D eigenvalue weighted by Crippen LogP contribution is -2.39. The molecule has 4 aromatic carbocycles. The third-order valence-electron chi connectivity index (χ3n) is 10.00. The van der Waals surface area contributed by atoms with Crippen LogP contribution in [0.15, 0.2) is 95.8 Å². The van der Waals surface area contributed by atoms with E-state index in [-0.39, 0.29) is 42.8 Å². The van der Waals surface area contributed by atoms with Crippen LogP contribution in [0.2, 0.25) is 0 Å². The van der Waals surface area contributed by atoms with Crippen molar-refractivity contribution in [2.24, 2.45) is 0 Å². The molecule has 1 aromatic heterocycles. The van der Waals surface area contributed by atoms with E-state index in [0.29, 0.717) is 22.2 Å². The SMILES string of the molecule is CCN(CC)CCc1ccc2c(=O)cc(CCc3cccc(F)c3F)n(CC(=O)N(C)Cc3ccc(-c4ccc(C(F)(F)F)cc4)cc3)c2c1.O=C(O)C(O)C(O)C(=O)O. The van der Waals surface area contributed by atoms with Crippen LogP contribution in [0.1, 0.15) is 41.8 Å². The third-order valence-corrected chi connectivity index (χ3v) is 10.00. The Labute approximate surface area is 342 Å². The summed E-state index contributed by atoms with van der Waals surface area (Å²) in [4.78, 5) is 50.5. The number of aromatic nitrogens is 1. The fourth-order valence-corrected chi connectivity index (χ4v) is 6.39. The number of aliphatic carboxylic acids is 2. The fourth-order valence-electron chi connectivity index (χ4n) is 6.39. The van der Waals surface area contributed by atoms with Crippen LogP contribution in [0.3, 0.4) is 0 Å². The molecule has 0 fully saturated rings. The number of pyridine rings is 1. The number of hydrogen-bond donors (Lipinski definition) is 4. The number of hydrogen-bond acceptors (Lipinski definition) is 7. The molecule has 0 spiro atoms. The van der Waals surface area contributed by atoms with Crippen LogP contribution in [0.5, 0.6) is 0 Å². The van der Waals surface area contributed by atoms with Crippen LogP contribution >= 0.6 is 0 Å². The molecule has 2 unspecified atom stereocenters. The lowest BCUT2D eigenvalue weighted by molar-refractivity contribution is -0.165. The Hall–Kier alpha value is -5.97. The molecule has 60 heavy (non-hydrogen) atoms. The molecule has 16 heteroatoms. The van der Waals surface area contributed by atoms with Crippen molar-refractivity contribution in [3.63, 3.8) is 0 Å². The smallest absolute Gasteiger partial charge is 0.416 e. The number of nitrogens with zero attached hydrogens (tertiary/aromatic N) is 3. The monoisotopic (exact) mass is 839 g/mol. The number of halogens is 5. The first-order valence-corrected chi connectivity index (χ1v) is 19.0. The molecule has 5 aromatic rings. The topological polar surface area (TPSA) is 161 Å². The molecule has 0 aliphatic rings. The summed E-state index contributed by atoms with van der Waals surface area (Å²) in [7, 11) is 1.67. The first kappa shape index (κ1) is 46.7. The minimum Gasteiger partial charge on any atom is -0.479 e. The number of aryl methyl sites for hydroxylation is 2. The van der Waals surface area contributed by atoms with E-state index in [4.69, 9.17) is 20.4 Å². The maximum absolute atomic E-state index is 14.6. The maximum Gasteiger partial charge on any atom is 0.416 e. The lowest BCUT2D eigenvalue weighted by atomic mass is 10.0. The van der Waals surface area contributed by atoms with Gasteiger partial charge in [-0.3, -0.25) is 9.59 Å². The van der Waals surface area contributed by atoms with Gasteiger partial charge in [0.2, 0.25) is 5.91 Å². The summed E-state index contributed by atoms with van der Waals surface area (Å²) in [6, 6.07) is 23.4. The van der Waals surface area contributed by atoms with E-state index in [2.05, 4.69) is 18.7 Å². The van der Waals surface area contributed by atoms with E-state index in [1.165, 1.54) is 30.3 Å². The molecule has 4 N–H and O–H groups in total.